The lowest BCUT2D eigenvalue weighted by Crippen LogP contribution is -2.22. The molecule has 2 fully saturated rings. The minimum absolute atomic E-state index is 0.482. The molecule has 0 spiro atoms. The molecule has 2 rings (SSSR count). The van der Waals surface area contributed by atoms with E-state index < -0.39 is 0 Å². The van der Waals surface area contributed by atoms with E-state index in [-0.39, 0.29) is 0 Å². The normalized spacial score (nSPS) is 34.4. The van der Waals surface area contributed by atoms with Gasteiger partial charge in [0.1, 0.15) is 0 Å². The Labute approximate surface area is 93.3 Å². The van der Waals surface area contributed by atoms with Crippen molar-refractivity contribution in [2.45, 2.75) is 70.0 Å². The average Bonchev–Trinajstić information content (AvgIpc) is 2.63. The second-order valence-corrected chi connectivity index (χ2v) is 4.92. The van der Waals surface area contributed by atoms with Crippen molar-refractivity contribution in [1.29, 1.82) is 0 Å². The first kappa shape index (κ1) is 11.4. The number of hydrogen-bond acceptors (Lipinski definition) is 2. The summed E-state index contributed by atoms with van der Waals surface area (Å²) < 4.78 is 11.7. The van der Waals surface area contributed by atoms with Gasteiger partial charge in [-0.1, -0.05) is 25.7 Å². The Hall–Kier alpha value is -0.0800. The number of hydrogen-bond donors (Lipinski definition) is 0. The second kappa shape index (κ2) is 6.49. The molecule has 2 unspecified atom stereocenters. The summed E-state index contributed by atoms with van der Waals surface area (Å²) in [6, 6.07) is 0. The molecule has 0 saturated carbocycles. The molecule has 0 aromatic carbocycles. The Bertz CT molecular complexity index is 136. The molecule has 2 nitrogen and oxygen atoms in total. The third kappa shape index (κ3) is 4.12. The van der Waals surface area contributed by atoms with Crippen molar-refractivity contribution in [2.24, 2.45) is 0 Å². The van der Waals surface area contributed by atoms with Gasteiger partial charge in [-0.3, -0.25) is 0 Å². The molecule has 2 saturated heterocycles. The molecule has 0 amide bonds. The topological polar surface area (TPSA) is 18.5 Å². The lowest BCUT2D eigenvalue weighted by atomic mass is 10.0. The molecule has 2 atom stereocenters. The summed E-state index contributed by atoms with van der Waals surface area (Å²) in [6.07, 6.45) is 12.5. The van der Waals surface area contributed by atoms with Crippen molar-refractivity contribution >= 4 is 0 Å². The Morgan fingerprint density at radius 1 is 0.667 bits per heavy atom. The molecule has 15 heavy (non-hydrogen) atoms. The lowest BCUT2D eigenvalue weighted by Gasteiger charge is -2.21. The second-order valence-electron chi connectivity index (χ2n) is 4.92. The molecule has 2 aliphatic heterocycles. The minimum atomic E-state index is 0.482. The van der Waals surface area contributed by atoms with Crippen LogP contribution in [0.3, 0.4) is 0 Å². The van der Waals surface area contributed by atoms with Crippen LogP contribution in [0.1, 0.15) is 57.8 Å². The molecule has 0 bridgehead atoms. The largest absolute Gasteiger partial charge is 0.378 e. The predicted molar refractivity (Wildman–Crippen MR) is 61.0 cm³/mol. The SMILES string of the molecule is C1CCOC(CC2CCCCCO2)CC1. The summed E-state index contributed by atoms with van der Waals surface area (Å²) in [5.74, 6) is 0. The van der Waals surface area contributed by atoms with E-state index in [4.69, 9.17) is 9.47 Å². The molecule has 2 heterocycles. The fourth-order valence-electron chi connectivity index (χ4n) is 2.63. The maximum absolute atomic E-state index is 5.87. The number of ether oxygens (including phenoxy) is 2. The summed E-state index contributed by atoms with van der Waals surface area (Å²) in [5.41, 5.74) is 0. The van der Waals surface area contributed by atoms with Crippen molar-refractivity contribution in [2.75, 3.05) is 13.2 Å². The highest BCUT2D eigenvalue weighted by Gasteiger charge is 2.20. The molecule has 0 radical (unpaired) electrons. The predicted octanol–water partition coefficient (Wildman–Crippen LogP) is 3.29. The highest BCUT2D eigenvalue weighted by Crippen LogP contribution is 2.22. The summed E-state index contributed by atoms with van der Waals surface area (Å²) in [7, 11) is 0. The van der Waals surface area contributed by atoms with Gasteiger partial charge in [0.05, 0.1) is 12.2 Å². The van der Waals surface area contributed by atoms with Crippen LogP contribution < -0.4 is 0 Å². The molecule has 0 N–H and O–H groups in total. The van der Waals surface area contributed by atoms with Crippen LogP contribution in [-0.4, -0.2) is 25.4 Å². The quantitative estimate of drug-likeness (QED) is 0.699. The van der Waals surface area contributed by atoms with Crippen molar-refractivity contribution in [3.63, 3.8) is 0 Å². The van der Waals surface area contributed by atoms with Gasteiger partial charge in [0.25, 0.3) is 0 Å². The van der Waals surface area contributed by atoms with Crippen LogP contribution in [0.5, 0.6) is 0 Å². The van der Waals surface area contributed by atoms with Gasteiger partial charge in [-0.05, 0) is 32.1 Å². The van der Waals surface area contributed by atoms with E-state index >= 15 is 0 Å². The molecular formula is C13H24O2. The van der Waals surface area contributed by atoms with E-state index in [9.17, 15) is 0 Å². The molecule has 88 valence electrons. The minimum Gasteiger partial charge on any atom is -0.378 e. The Morgan fingerprint density at radius 3 is 1.73 bits per heavy atom. The van der Waals surface area contributed by atoms with Gasteiger partial charge in [0, 0.05) is 13.2 Å². The van der Waals surface area contributed by atoms with Crippen molar-refractivity contribution in [3.8, 4) is 0 Å². The van der Waals surface area contributed by atoms with Crippen LogP contribution in [0.15, 0.2) is 0 Å². The fraction of sp³-hybridized carbons (Fsp3) is 1.00. The monoisotopic (exact) mass is 212 g/mol. The zero-order valence-electron chi connectivity index (χ0n) is 9.75. The Morgan fingerprint density at radius 2 is 1.20 bits per heavy atom. The van der Waals surface area contributed by atoms with Gasteiger partial charge in [0.15, 0.2) is 0 Å². The van der Waals surface area contributed by atoms with E-state index in [0.29, 0.717) is 12.2 Å². The molecular weight excluding hydrogens is 188 g/mol. The third-order valence-electron chi connectivity index (χ3n) is 3.57. The van der Waals surface area contributed by atoms with Crippen LogP contribution in [0.25, 0.3) is 0 Å². The van der Waals surface area contributed by atoms with Crippen molar-refractivity contribution in [3.05, 3.63) is 0 Å². The molecule has 0 aromatic rings. The van der Waals surface area contributed by atoms with Gasteiger partial charge in [0.2, 0.25) is 0 Å². The van der Waals surface area contributed by atoms with E-state index in [2.05, 4.69) is 0 Å². The molecule has 0 aliphatic carbocycles. The van der Waals surface area contributed by atoms with E-state index in [1.165, 1.54) is 51.4 Å². The lowest BCUT2D eigenvalue weighted by molar-refractivity contribution is -0.0131. The fourth-order valence-corrected chi connectivity index (χ4v) is 2.63. The van der Waals surface area contributed by atoms with Gasteiger partial charge in [-0.25, -0.2) is 0 Å². The summed E-state index contributed by atoms with van der Waals surface area (Å²) in [4.78, 5) is 0. The molecule has 2 heteroatoms. The summed E-state index contributed by atoms with van der Waals surface area (Å²) in [6.45, 7) is 1.94. The first-order valence-corrected chi connectivity index (χ1v) is 6.68. The van der Waals surface area contributed by atoms with E-state index in [0.717, 1.165) is 19.6 Å². The molecule has 2 aliphatic rings. The van der Waals surface area contributed by atoms with Gasteiger partial charge >= 0.3 is 0 Å². The first-order chi connectivity index (χ1) is 7.45. The van der Waals surface area contributed by atoms with Crippen LogP contribution in [0.2, 0.25) is 0 Å². The third-order valence-corrected chi connectivity index (χ3v) is 3.57. The number of rotatable bonds is 2. The van der Waals surface area contributed by atoms with E-state index in [1.807, 2.05) is 0 Å². The van der Waals surface area contributed by atoms with Crippen LogP contribution >= 0.6 is 0 Å². The van der Waals surface area contributed by atoms with E-state index in [1.54, 1.807) is 0 Å². The highest BCUT2D eigenvalue weighted by molar-refractivity contribution is 4.71. The van der Waals surface area contributed by atoms with Crippen molar-refractivity contribution in [1.82, 2.24) is 0 Å². The first-order valence-electron chi connectivity index (χ1n) is 6.68. The molecule has 0 aromatic heterocycles. The maximum atomic E-state index is 5.87. The van der Waals surface area contributed by atoms with Crippen molar-refractivity contribution < 1.29 is 9.47 Å². The van der Waals surface area contributed by atoms with Gasteiger partial charge in [-0.15, -0.1) is 0 Å². The van der Waals surface area contributed by atoms with Gasteiger partial charge in [-0.2, -0.15) is 0 Å². The summed E-state index contributed by atoms with van der Waals surface area (Å²) >= 11 is 0. The maximum Gasteiger partial charge on any atom is 0.0599 e. The van der Waals surface area contributed by atoms with Crippen LogP contribution in [0, 0.1) is 0 Å². The van der Waals surface area contributed by atoms with Gasteiger partial charge < -0.3 is 9.47 Å². The summed E-state index contributed by atoms with van der Waals surface area (Å²) in [5, 5.41) is 0. The average molecular weight is 212 g/mol. The standard InChI is InChI=1S/C13H24O2/c1-3-7-12(14-9-5-1)11-13-8-4-2-6-10-15-13/h12-13H,1-11H2. The smallest absolute Gasteiger partial charge is 0.0599 e. The van der Waals surface area contributed by atoms with Crippen LogP contribution in [0.4, 0.5) is 0 Å². The van der Waals surface area contributed by atoms with Crippen LogP contribution in [-0.2, 0) is 9.47 Å². The zero-order chi connectivity index (χ0) is 10.3. The Balaban J connectivity index is 1.73. The zero-order valence-corrected chi connectivity index (χ0v) is 9.75. The highest BCUT2D eigenvalue weighted by atomic mass is 16.5. The Kier molecular flexibility index (Phi) is 4.94.